The lowest BCUT2D eigenvalue weighted by Crippen LogP contribution is -2.80. The number of ketones is 1. The molecule has 3 saturated carbocycles. The molecular weight excluding hydrogens is 364 g/mol. The second kappa shape index (κ2) is 6.15. The van der Waals surface area contributed by atoms with Gasteiger partial charge in [-0.25, -0.2) is 0 Å². The van der Waals surface area contributed by atoms with E-state index < -0.39 is 72.7 Å². The molecule has 5 rings (SSSR count). The van der Waals surface area contributed by atoms with Crippen LogP contribution in [-0.2, 0) is 23.7 Å². The van der Waals surface area contributed by atoms with Crippen molar-refractivity contribution in [3.8, 4) is 0 Å². The summed E-state index contributed by atoms with van der Waals surface area (Å²) in [7, 11) is 1.41. The van der Waals surface area contributed by atoms with Crippen LogP contribution in [0.25, 0.3) is 0 Å². The molecule has 5 N–H and O–H groups in total. The number of fused-ring (bicyclic) bond motifs is 1. The number of carbonyl (C=O) groups is 1. The van der Waals surface area contributed by atoms with E-state index in [1.165, 1.54) is 7.11 Å². The van der Waals surface area contributed by atoms with E-state index in [0.29, 0.717) is 0 Å². The van der Waals surface area contributed by atoms with E-state index in [2.05, 4.69) is 0 Å². The summed E-state index contributed by atoms with van der Waals surface area (Å²) < 4.78 is 23.0. The van der Waals surface area contributed by atoms with E-state index in [9.17, 15) is 30.3 Å². The predicted molar refractivity (Wildman–Crippen MR) is 85.1 cm³/mol. The highest BCUT2D eigenvalue weighted by Gasteiger charge is 2.87. The third-order valence-corrected chi connectivity index (χ3v) is 7.05. The molecule has 4 bridgehead atoms. The van der Waals surface area contributed by atoms with Crippen molar-refractivity contribution in [2.45, 2.75) is 68.0 Å². The quantitative estimate of drug-likeness (QED) is 0.334. The van der Waals surface area contributed by atoms with Gasteiger partial charge in [0, 0.05) is 19.4 Å². The van der Waals surface area contributed by atoms with E-state index in [0.717, 1.165) is 0 Å². The highest BCUT2D eigenvalue weighted by atomic mass is 16.8. The monoisotopic (exact) mass is 390 g/mol. The third kappa shape index (κ3) is 2.13. The van der Waals surface area contributed by atoms with Crippen LogP contribution in [0, 0.1) is 11.3 Å². The van der Waals surface area contributed by atoms with Gasteiger partial charge < -0.3 is 44.5 Å². The summed E-state index contributed by atoms with van der Waals surface area (Å²) in [6.45, 7) is 0.668. The maximum Gasteiger partial charge on any atom is 0.187 e. The Hall–Kier alpha value is -0.690. The average Bonchev–Trinajstić information content (AvgIpc) is 2.71. The second-order valence-electron chi connectivity index (χ2n) is 8.16. The Labute approximate surface area is 155 Å². The normalized spacial score (nSPS) is 56.9. The molecule has 2 aliphatic heterocycles. The number of hydrogen-bond acceptors (Lipinski definition) is 10. The molecule has 154 valence electrons. The molecule has 10 atom stereocenters. The van der Waals surface area contributed by atoms with Gasteiger partial charge in [-0.3, -0.25) is 4.79 Å². The molecule has 0 aromatic heterocycles. The molecule has 0 spiro atoms. The van der Waals surface area contributed by atoms with Crippen molar-refractivity contribution in [3.05, 3.63) is 0 Å². The van der Waals surface area contributed by atoms with Crippen LogP contribution in [0.3, 0.4) is 0 Å². The van der Waals surface area contributed by atoms with Crippen LogP contribution in [0.5, 0.6) is 0 Å². The van der Waals surface area contributed by atoms with Crippen LogP contribution in [0.2, 0.25) is 0 Å². The van der Waals surface area contributed by atoms with Crippen LogP contribution < -0.4 is 0 Å². The zero-order chi connectivity index (χ0) is 19.8. The van der Waals surface area contributed by atoms with Crippen LogP contribution >= 0.6 is 0 Å². The van der Waals surface area contributed by atoms with Gasteiger partial charge in [0.1, 0.15) is 41.4 Å². The molecule has 2 saturated heterocycles. The van der Waals surface area contributed by atoms with Gasteiger partial charge in [-0.15, -0.1) is 0 Å². The van der Waals surface area contributed by atoms with Gasteiger partial charge in [-0.05, 0) is 13.3 Å². The molecule has 10 nitrogen and oxygen atoms in total. The minimum absolute atomic E-state index is 0.0506. The van der Waals surface area contributed by atoms with Gasteiger partial charge in [-0.2, -0.15) is 0 Å². The van der Waals surface area contributed by atoms with Crippen molar-refractivity contribution in [3.63, 3.8) is 0 Å². The van der Waals surface area contributed by atoms with E-state index in [1.54, 1.807) is 6.92 Å². The number of methoxy groups -OCH3 is 1. The number of aliphatic hydroxyl groups excluding tert-OH is 5. The lowest BCUT2D eigenvalue weighted by atomic mass is 9.41. The maximum absolute atomic E-state index is 12.5. The second-order valence-corrected chi connectivity index (χ2v) is 8.16. The first-order valence-corrected chi connectivity index (χ1v) is 9.04. The van der Waals surface area contributed by atoms with Crippen molar-refractivity contribution in [1.29, 1.82) is 0 Å². The Morgan fingerprint density at radius 3 is 2.48 bits per heavy atom. The number of ether oxygens (including phenoxy) is 4. The highest BCUT2D eigenvalue weighted by molar-refractivity contribution is 5.88. The molecular formula is C17H26O10. The Bertz CT molecular complexity index is 627. The van der Waals surface area contributed by atoms with Crippen molar-refractivity contribution in [2.75, 3.05) is 20.3 Å². The van der Waals surface area contributed by atoms with Crippen molar-refractivity contribution >= 4 is 5.78 Å². The van der Waals surface area contributed by atoms with Gasteiger partial charge >= 0.3 is 0 Å². The first-order chi connectivity index (χ1) is 12.7. The standard InChI is InChI=1S/C17H26O10/c1-15-4-8(20)7-3-17(15,16(7,6-19)14(24-2)27-15)26-13-12(23)11(22)10(21)9(5-18)25-13/h7,9-14,18-19,21-23H,3-6H2,1-2H3/t7-,9+,10+,11-,12+,13-,14?,15-,16?,17+/m0/s1. The number of rotatable bonds is 5. The molecule has 0 radical (unpaired) electrons. The Kier molecular flexibility index (Phi) is 4.47. The summed E-state index contributed by atoms with van der Waals surface area (Å²) >= 11 is 0. The molecule has 2 heterocycles. The number of carbonyl (C=O) groups excluding carboxylic acids is 1. The lowest BCUT2D eigenvalue weighted by Gasteiger charge is -2.66. The Morgan fingerprint density at radius 1 is 1.19 bits per heavy atom. The van der Waals surface area contributed by atoms with Crippen LogP contribution in [0.1, 0.15) is 19.8 Å². The van der Waals surface area contributed by atoms with E-state index in [-0.39, 0.29) is 18.6 Å². The van der Waals surface area contributed by atoms with E-state index in [4.69, 9.17) is 18.9 Å². The average molecular weight is 390 g/mol. The topological polar surface area (TPSA) is 155 Å². The number of aliphatic hydroxyl groups is 5. The molecule has 5 fully saturated rings. The van der Waals surface area contributed by atoms with Crippen molar-refractivity contribution in [1.82, 2.24) is 0 Å². The van der Waals surface area contributed by atoms with Crippen LogP contribution in [-0.4, -0.2) is 99.8 Å². The van der Waals surface area contributed by atoms with Gasteiger partial charge in [0.05, 0.1) is 18.6 Å². The van der Waals surface area contributed by atoms with Crippen molar-refractivity contribution < 1.29 is 49.3 Å². The molecule has 0 amide bonds. The fourth-order valence-electron chi connectivity index (χ4n) is 5.57. The molecule has 0 aromatic carbocycles. The molecule has 5 aliphatic rings. The fraction of sp³-hybridized carbons (Fsp3) is 0.941. The molecule has 27 heavy (non-hydrogen) atoms. The van der Waals surface area contributed by atoms with Gasteiger partial charge in [-0.1, -0.05) is 0 Å². The third-order valence-electron chi connectivity index (χ3n) is 7.05. The predicted octanol–water partition coefficient (Wildman–Crippen LogP) is -2.73. The van der Waals surface area contributed by atoms with Gasteiger partial charge in [0.25, 0.3) is 0 Å². The smallest absolute Gasteiger partial charge is 0.187 e. The van der Waals surface area contributed by atoms with E-state index in [1.807, 2.05) is 0 Å². The van der Waals surface area contributed by atoms with E-state index >= 15 is 0 Å². The summed E-state index contributed by atoms with van der Waals surface area (Å²) in [6, 6.07) is 0. The molecule has 0 aromatic rings. The Morgan fingerprint density at radius 2 is 1.89 bits per heavy atom. The van der Waals surface area contributed by atoms with Crippen molar-refractivity contribution in [2.24, 2.45) is 11.3 Å². The Balaban J connectivity index is 1.70. The minimum Gasteiger partial charge on any atom is -0.395 e. The fourth-order valence-corrected chi connectivity index (χ4v) is 5.57. The van der Waals surface area contributed by atoms with Crippen LogP contribution in [0.4, 0.5) is 0 Å². The maximum atomic E-state index is 12.5. The lowest BCUT2D eigenvalue weighted by molar-refractivity contribution is -0.382. The minimum atomic E-state index is -1.59. The first-order valence-electron chi connectivity index (χ1n) is 9.04. The molecule has 3 aliphatic carbocycles. The number of Topliss-reactive ketones (excluding diaryl/α,β-unsaturated/α-hetero) is 1. The summed E-state index contributed by atoms with van der Waals surface area (Å²) in [6.07, 6.45) is -7.79. The highest BCUT2D eigenvalue weighted by Crippen LogP contribution is 2.74. The largest absolute Gasteiger partial charge is 0.395 e. The summed E-state index contributed by atoms with van der Waals surface area (Å²) in [4.78, 5) is 12.5. The van der Waals surface area contributed by atoms with Gasteiger partial charge in [0.15, 0.2) is 12.6 Å². The first kappa shape index (κ1) is 19.6. The molecule has 10 heteroatoms. The SMILES string of the molecule is COC1O[C@@]2(C)CC(=O)[C@@H]3C[C@]2(O[C@@H]2O[C@H](CO)[C@@H](O)[C@H](O)[C@H]2O)C13CO. The summed E-state index contributed by atoms with van der Waals surface area (Å²) in [5, 5.41) is 50.0. The summed E-state index contributed by atoms with van der Waals surface area (Å²) in [5.41, 5.74) is -3.48. The zero-order valence-corrected chi connectivity index (χ0v) is 15.1. The summed E-state index contributed by atoms with van der Waals surface area (Å²) in [5.74, 6) is -0.571. The zero-order valence-electron chi connectivity index (χ0n) is 15.1. The van der Waals surface area contributed by atoms with Crippen LogP contribution in [0.15, 0.2) is 0 Å². The molecule has 2 unspecified atom stereocenters. The number of hydrogen-bond donors (Lipinski definition) is 5. The van der Waals surface area contributed by atoms with Gasteiger partial charge in [0.2, 0.25) is 0 Å².